The fraction of sp³-hybridized carbons (Fsp3) is 0.556. The van der Waals surface area contributed by atoms with Crippen LogP contribution in [0.4, 0.5) is 0 Å². The first-order valence-corrected chi connectivity index (χ1v) is 6.04. The lowest BCUT2D eigenvalue weighted by atomic mass is 10.3. The zero-order chi connectivity index (χ0) is 10.6. The van der Waals surface area contributed by atoms with Gasteiger partial charge in [0.2, 0.25) is 0 Å². The van der Waals surface area contributed by atoms with Gasteiger partial charge in [0.05, 0.1) is 12.5 Å². The molecule has 0 spiro atoms. The van der Waals surface area contributed by atoms with Crippen molar-refractivity contribution in [2.45, 2.75) is 25.1 Å². The van der Waals surface area contributed by atoms with Crippen LogP contribution in [0.3, 0.4) is 0 Å². The molecule has 2 unspecified atom stereocenters. The van der Waals surface area contributed by atoms with Gasteiger partial charge >= 0.3 is 0 Å². The number of rotatable bonds is 5. The van der Waals surface area contributed by atoms with Gasteiger partial charge in [0.1, 0.15) is 5.69 Å². The standard InChI is InChI=1S/C9H14N2O2S/c1-8(14(2)13)3-4-11-7-10-5-9(11)6-12/h5-8H,3-4H2,1-2H3. The van der Waals surface area contributed by atoms with Crippen molar-refractivity contribution in [3.63, 3.8) is 0 Å². The molecule has 0 aliphatic rings. The Labute approximate surface area is 85.8 Å². The fourth-order valence-electron chi connectivity index (χ4n) is 1.10. The summed E-state index contributed by atoms with van der Waals surface area (Å²) >= 11 is 0. The first kappa shape index (κ1) is 11.1. The third-order valence-electron chi connectivity index (χ3n) is 2.21. The summed E-state index contributed by atoms with van der Waals surface area (Å²) in [4.78, 5) is 14.4. The van der Waals surface area contributed by atoms with Crippen molar-refractivity contribution in [1.29, 1.82) is 0 Å². The lowest BCUT2D eigenvalue weighted by molar-refractivity contribution is 0.111. The molecular formula is C9H14N2O2S. The molecular weight excluding hydrogens is 200 g/mol. The van der Waals surface area contributed by atoms with Gasteiger partial charge in [0.25, 0.3) is 0 Å². The predicted octanol–water partition coefficient (Wildman–Crippen LogP) is 0.853. The van der Waals surface area contributed by atoms with E-state index in [4.69, 9.17) is 0 Å². The number of aromatic nitrogens is 2. The van der Waals surface area contributed by atoms with Crippen LogP contribution in [0.5, 0.6) is 0 Å². The Bertz CT molecular complexity index is 335. The van der Waals surface area contributed by atoms with Crippen LogP contribution in [0, 0.1) is 0 Å². The number of imidazole rings is 1. The molecule has 0 bridgehead atoms. The highest BCUT2D eigenvalue weighted by Crippen LogP contribution is 2.04. The maximum absolute atomic E-state index is 11.1. The molecule has 0 N–H and O–H groups in total. The number of carbonyl (C=O) groups excluding carboxylic acids is 1. The first-order valence-electron chi connectivity index (χ1n) is 4.42. The van der Waals surface area contributed by atoms with Gasteiger partial charge in [-0.2, -0.15) is 0 Å². The maximum atomic E-state index is 11.1. The van der Waals surface area contributed by atoms with Gasteiger partial charge in [-0.3, -0.25) is 9.00 Å². The molecule has 0 aromatic carbocycles. The van der Waals surface area contributed by atoms with Crippen LogP contribution in [-0.2, 0) is 17.3 Å². The normalized spacial score (nSPS) is 15.0. The van der Waals surface area contributed by atoms with E-state index < -0.39 is 10.8 Å². The second kappa shape index (κ2) is 5.05. The lowest BCUT2D eigenvalue weighted by Crippen LogP contribution is -2.13. The van der Waals surface area contributed by atoms with Crippen molar-refractivity contribution >= 4 is 17.1 Å². The van der Waals surface area contributed by atoms with E-state index in [2.05, 4.69) is 4.98 Å². The van der Waals surface area contributed by atoms with Gasteiger partial charge < -0.3 is 4.57 Å². The number of aryl methyl sites for hydroxylation is 1. The van der Waals surface area contributed by atoms with Gasteiger partial charge in [-0.15, -0.1) is 0 Å². The second-order valence-corrected chi connectivity index (χ2v) is 5.03. The highest BCUT2D eigenvalue weighted by Gasteiger charge is 2.07. The van der Waals surface area contributed by atoms with Crippen molar-refractivity contribution < 1.29 is 9.00 Å². The molecule has 0 fully saturated rings. The number of aldehydes is 1. The predicted molar refractivity (Wildman–Crippen MR) is 55.8 cm³/mol. The van der Waals surface area contributed by atoms with Crippen molar-refractivity contribution in [2.24, 2.45) is 0 Å². The Balaban J connectivity index is 2.53. The minimum Gasteiger partial charge on any atom is -0.328 e. The van der Waals surface area contributed by atoms with Crippen molar-refractivity contribution in [2.75, 3.05) is 6.26 Å². The monoisotopic (exact) mass is 214 g/mol. The van der Waals surface area contributed by atoms with Crippen LogP contribution in [0.1, 0.15) is 23.8 Å². The quantitative estimate of drug-likeness (QED) is 0.683. The number of carbonyl (C=O) groups is 1. The summed E-state index contributed by atoms with van der Waals surface area (Å²) in [6.45, 7) is 2.63. The van der Waals surface area contributed by atoms with E-state index in [0.29, 0.717) is 12.2 Å². The van der Waals surface area contributed by atoms with Gasteiger partial charge in [0, 0.05) is 28.9 Å². The Morgan fingerprint density at radius 2 is 2.43 bits per heavy atom. The minimum absolute atomic E-state index is 0.150. The summed E-state index contributed by atoms with van der Waals surface area (Å²) in [6.07, 6.45) is 6.41. The molecule has 1 aromatic rings. The van der Waals surface area contributed by atoms with Crippen molar-refractivity contribution in [3.8, 4) is 0 Å². The Morgan fingerprint density at radius 3 is 3.00 bits per heavy atom. The van der Waals surface area contributed by atoms with E-state index in [9.17, 15) is 9.00 Å². The summed E-state index contributed by atoms with van der Waals surface area (Å²) in [5.41, 5.74) is 0.569. The molecule has 14 heavy (non-hydrogen) atoms. The van der Waals surface area contributed by atoms with E-state index in [-0.39, 0.29) is 5.25 Å². The molecule has 4 nitrogen and oxygen atoms in total. The Hall–Kier alpha value is -0.970. The summed E-state index contributed by atoms with van der Waals surface area (Å²) < 4.78 is 12.8. The minimum atomic E-state index is -0.802. The zero-order valence-corrected chi connectivity index (χ0v) is 9.16. The zero-order valence-electron chi connectivity index (χ0n) is 8.34. The summed E-state index contributed by atoms with van der Waals surface area (Å²) in [7, 11) is -0.802. The highest BCUT2D eigenvalue weighted by molar-refractivity contribution is 7.84. The fourth-order valence-corrected chi connectivity index (χ4v) is 1.54. The summed E-state index contributed by atoms with van der Waals surface area (Å²) in [6, 6.07) is 0. The van der Waals surface area contributed by atoms with E-state index in [1.807, 2.05) is 6.92 Å². The highest BCUT2D eigenvalue weighted by atomic mass is 32.2. The summed E-state index contributed by atoms with van der Waals surface area (Å²) in [5.74, 6) is 0. The van der Waals surface area contributed by atoms with Gasteiger partial charge in [-0.05, 0) is 6.42 Å². The van der Waals surface area contributed by atoms with E-state index in [0.717, 1.165) is 12.7 Å². The molecule has 2 atom stereocenters. The average Bonchev–Trinajstić information content (AvgIpc) is 2.60. The molecule has 0 radical (unpaired) electrons. The van der Waals surface area contributed by atoms with Crippen LogP contribution < -0.4 is 0 Å². The smallest absolute Gasteiger partial charge is 0.168 e. The molecule has 78 valence electrons. The van der Waals surface area contributed by atoms with Crippen LogP contribution in [-0.4, -0.2) is 31.6 Å². The average molecular weight is 214 g/mol. The third kappa shape index (κ3) is 2.77. The first-order chi connectivity index (χ1) is 6.65. The van der Waals surface area contributed by atoms with Gasteiger partial charge in [-0.25, -0.2) is 4.98 Å². The van der Waals surface area contributed by atoms with Gasteiger partial charge in [-0.1, -0.05) is 6.92 Å². The largest absolute Gasteiger partial charge is 0.328 e. The molecule has 0 amide bonds. The summed E-state index contributed by atoms with van der Waals surface area (Å²) in [5, 5.41) is 0.150. The van der Waals surface area contributed by atoms with E-state index in [1.165, 1.54) is 6.20 Å². The van der Waals surface area contributed by atoms with Crippen molar-refractivity contribution in [1.82, 2.24) is 9.55 Å². The molecule has 0 aliphatic heterocycles. The van der Waals surface area contributed by atoms with Crippen molar-refractivity contribution in [3.05, 3.63) is 18.2 Å². The van der Waals surface area contributed by atoms with Gasteiger partial charge in [0.15, 0.2) is 6.29 Å². The number of hydrogen-bond donors (Lipinski definition) is 0. The second-order valence-electron chi connectivity index (χ2n) is 3.23. The maximum Gasteiger partial charge on any atom is 0.168 e. The van der Waals surface area contributed by atoms with E-state index in [1.54, 1.807) is 17.2 Å². The Kier molecular flexibility index (Phi) is 4.00. The molecule has 0 saturated carbocycles. The van der Waals surface area contributed by atoms with Crippen LogP contribution in [0.2, 0.25) is 0 Å². The van der Waals surface area contributed by atoms with E-state index >= 15 is 0 Å². The number of nitrogens with zero attached hydrogens (tertiary/aromatic N) is 2. The molecule has 5 heteroatoms. The molecule has 0 saturated heterocycles. The molecule has 1 heterocycles. The topological polar surface area (TPSA) is 52.0 Å². The molecule has 0 aliphatic carbocycles. The third-order valence-corrected chi connectivity index (χ3v) is 3.58. The molecule has 1 aromatic heterocycles. The van der Waals surface area contributed by atoms with Crippen LogP contribution in [0.25, 0.3) is 0 Å². The Morgan fingerprint density at radius 1 is 1.71 bits per heavy atom. The van der Waals surface area contributed by atoms with Crippen LogP contribution >= 0.6 is 0 Å². The molecule has 1 rings (SSSR count). The van der Waals surface area contributed by atoms with Crippen LogP contribution in [0.15, 0.2) is 12.5 Å². The lowest BCUT2D eigenvalue weighted by Gasteiger charge is -2.08. The SMILES string of the molecule is CC(CCn1cncc1C=O)S(C)=O. The number of hydrogen-bond acceptors (Lipinski definition) is 3.